The predicted molar refractivity (Wildman–Crippen MR) is 73.3 cm³/mol. The molecule has 1 heterocycles. The van der Waals surface area contributed by atoms with Crippen molar-refractivity contribution in [2.75, 3.05) is 7.11 Å². The molecule has 18 heavy (non-hydrogen) atoms. The molecule has 2 aromatic rings. The second-order valence-electron chi connectivity index (χ2n) is 3.96. The van der Waals surface area contributed by atoms with Gasteiger partial charge in [-0.2, -0.15) is 0 Å². The third-order valence-electron chi connectivity index (χ3n) is 2.83. The lowest BCUT2D eigenvalue weighted by Gasteiger charge is -2.17. The highest BCUT2D eigenvalue weighted by molar-refractivity contribution is 9.10. The Morgan fingerprint density at radius 1 is 1.33 bits per heavy atom. The average Bonchev–Trinajstić information content (AvgIpc) is 2.78. The van der Waals surface area contributed by atoms with E-state index in [-0.39, 0.29) is 6.04 Å². The van der Waals surface area contributed by atoms with E-state index in [0.717, 1.165) is 22.6 Å². The van der Waals surface area contributed by atoms with Crippen molar-refractivity contribution in [3.63, 3.8) is 0 Å². The van der Waals surface area contributed by atoms with Gasteiger partial charge in [0.25, 0.3) is 0 Å². The molecule has 1 atom stereocenters. The number of rotatable bonds is 4. The number of hydrazine groups is 1. The molecule has 0 bridgehead atoms. The summed E-state index contributed by atoms with van der Waals surface area (Å²) in [5.41, 5.74) is 4.91. The van der Waals surface area contributed by atoms with Gasteiger partial charge in [0.1, 0.15) is 17.6 Å². The molecule has 2 rings (SSSR count). The minimum atomic E-state index is -0.179. The normalized spacial score (nSPS) is 12.4. The maximum Gasteiger partial charge on any atom is 0.169 e. The van der Waals surface area contributed by atoms with Crippen LogP contribution in [0.25, 0.3) is 0 Å². The maximum atomic E-state index is 5.63. The topological polar surface area (TPSA) is 60.4 Å². The van der Waals surface area contributed by atoms with Gasteiger partial charge in [0, 0.05) is 0 Å². The number of ether oxygens (including phenoxy) is 1. The van der Waals surface area contributed by atoms with E-state index < -0.39 is 0 Å². The highest BCUT2D eigenvalue weighted by atomic mass is 79.9. The zero-order chi connectivity index (χ0) is 13.1. The summed E-state index contributed by atoms with van der Waals surface area (Å²) in [6, 6.07) is 9.41. The van der Waals surface area contributed by atoms with Crippen molar-refractivity contribution >= 4 is 15.9 Å². The molecule has 1 aromatic heterocycles. The third kappa shape index (κ3) is 2.58. The number of furan rings is 1. The van der Waals surface area contributed by atoms with E-state index in [1.165, 1.54) is 0 Å². The number of halogens is 1. The molecule has 0 radical (unpaired) electrons. The van der Waals surface area contributed by atoms with E-state index in [2.05, 4.69) is 21.4 Å². The molecule has 0 amide bonds. The molecule has 3 N–H and O–H groups in total. The van der Waals surface area contributed by atoms with Crippen LogP contribution in [-0.4, -0.2) is 7.11 Å². The van der Waals surface area contributed by atoms with E-state index >= 15 is 0 Å². The second-order valence-corrected chi connectivity index (χ2v) is 4.75. The van der Waals surface area contributed by atoms with E-state index in [1.807, 2.05) is 37.3 Å². The minimum Gasteiger partial charge on any atom is -0.497 e. The highest BCUT2D eigenvalue weighted by Gasteiger charge is 2.18. The summed E-state index contributed by atoms with van der Waals surface area (Å²) in [6.07, 6.45) is 0. The Balaban J connectivity index is 2.39. The highest BCUT2D eigenvalue weighted by Crippen LogP contribution is 2.29. The van der Waals surface area contributed by atoms with Crippen LogP contribution in [0.4, 0.5) is 0 Å². The molecule has 0 aliphatic carbocycles. The number of hydrogen-bond donors (Lipinski definition) is 2. The zero-order valence-electron chi connectivity index (χ0n) is 10.2. The summed E-state index contributed by atoms with van der Waals surface area (Å²) >= 11 is 3.29. The summed E-state index contributed by atoms with van der Waals surface area (Å²) < 4.78 is 11.4. The molecule has 1 aromatic carbocycles. The molecule has 1 unspecified atom stereocenters. The average molecular weight is 311 g/mol. The first-order chi connectivity index (χ1) is 8.65. The second kappa shape index (κ2) is 5.56. The summed E-state index contributed by atoms with van der Waals surface area (Å²) in [7, 11) is 1.65. The Morgan fingerprint density at radius 3 is 2.61 bits per heavy atom. The molecule has 4 nitrogen and oxygen atoms in total. The number of hydrogen-bond acceptors (Lipinski definition) is 4. The van der Waals surface area contributed by atoms with Crippen LogP contribution in [0.3, 0.4) is 0 Å². The van der Waals surface area contributed by atoms with Gasteiger partial charge in [0.05, 0.1) is 7.11 Å². The van der Waals surface area contributed by atoms with Crippen LogP contribution in [0.15, 0.2) is 39.4 Å². The van der Waals surface area contributed by atoms with Crippen molar-refractivity contribution in [2.24, 2.45) is 5.84 Å². The van der Waals surface area contributed by atoms with Gasteiger partial charge in [-0.25, -0.2) is 5.43 Å². The van der Waals surface area contributed by atoms with Gasteiger partial charge in [0.15, 0.2) is 4.67 Å². The van der Waals surface area contributed by atoms with Crippen LogP contribution in [0.2, 0.25) is 0 Å². The van der Waals surface area contributed by atoms with Gasteiger partial charge < -0.3 is 9.15 Å². The molecule has 0 fully saturated rings. The Labute approximate surface area is 114 Å². The van der Waals surface area contributed by atoms with Gasteiger partial charge in [-0.1, -0.05) is 6.07 Å². The van der Waals surface area contributed by atoms with E-state index in [1.54, 1.807) is 7.11 Å². The first kappa shape index (κ1) is 13.1. The molecule has 0 saturated carbocycles. The van der Waals surface area contributed by atoms with Crippen LogP contribution in [-0.2, 0) is 0 Å². The fraction of sp³-hybridized carbons (Fsp3) is 0.231. The van der Waals surface area contributed by atoms with E-state index in [4.69, 9.17) is 15.0 Å². The molecule has 0 spiro atoms. The van der Waals surface area contributed by atoms with Crippen LogP contribution >= 0.6 is 15.9 Å². The molecule has 0 aliphatic heterocycles. The lowest BCUT2D eigenvalue weighted by Crippen LogP contribution is -2.29. The summed E-state index contributed by atoms with van der Waals surface area (Å²) in [5, 5.41) is 0. The van der Waals surface area contributed by atoms with Crippen molar-refractivity contribution in [2.45, 2.75) is 13.0 Å². The van der Waals surface area contributed by atoms with Gasteiger partial charge in [-0.3, -0.25) is 5.84 Å². The summed E-state index contributed by atoms with van der Waals surface area (Å²) in [5.74, 6) is 7.22. The Bertz CT molecular complexity index is 540. The largest absolute Gasteiger partial charge is 0.497 e. The minimum absolute atomic E-state index is 0.179. The summed E-state index contributed by atoms with van der Waals surface area (Å²) in [6.45, 7) is 2.01. The fourth-order valence-electron chi connectivity index (χ4n) is 1.91. The van der Waals surface area contributed by atoms with Crippen molar-refractivity contribution < 1.29 is 9.15 Å². The van der Waals surface area contributed by atoms with Crippen LogP contribution in [0.5, 0.6) is 5.75 Å². The van der Waals surface area contributed by atoms with Gasteiger partial charge in [0.2, 0.25) is 0 Å². The Hall–Kier alpha value is -1.30. The molecule has 0 saturated heterocycles. The zero-order valence-corrected chi connectivity index (χ0v) is 11.8. The smallest absolute Gasteiger partial charge is 0.169 e. The first-order valence-electron chi connectivity index (χ1n) is 5.51. The molecule has 96 valence electrons. The standard InChI is InChI=1S/C13H15BrN2O2/c1-8-7-9(17-2)3-4-10(8)13(16-15)11-5-6-12(14)18-11/h3-7,13,16H,15H2,1-2H3. The molecule has 5 heteroatoms. The van der Waals surface area contributed by atoms with Crippen LogP contribution in [0, 0.1) is 6.92 Å². The van der Waals surface area contributed by atoms with E-state index in [0.29, 0.717) is 4.67 Å². The lowest BCUT2D eigenvalue weighted by molar-refractivity contribution is 0.412. The van der Waals surface area contributed by atoms with Crippen molar-refractivity contribution in [3.8, 4) is 5.75 Å². The quantitative estimate of drug-likeness (QED) is 0.673. The van der Waals surface area contributed by atoms with Gasteiger partial charge >= 0.3 is 0 Å². The fourth-order valence-corrected chi connectivity index (χ4v) is 2.23. The predicted octanol–water partition coefficient (Wildman–Crippen LogP) is 2.91. The third-order valence-corrected chi connectivity index (χ3v) is 3.26. The molecular weight excluding hydrogens is 296 g/mol. The number of nitrogens with two attached hydrogens (primary N) is 1. The van der Waals surface area contributed by atoms with Crippen LogP contribution in [0.1, 0.15) is 22.9 Å². The Kier molecular flexibility index (Phi) is 4.06. The number of aryl methyl sites for hydroxylation is 1. The van der Waals surface area contributed by atoms with Crippen molar-refractivity contribution in [1.82, 2.24) is 5.43 Å². The number of nitrogens with one attached hydrogen (secondary N) is 1. The summed E-state index contributed by atoms with van der Waals surface area (Å²) in [4.78, 5) is 0. The number of methoxy groups -OCH3 is 1. The lowest BCUT2D eigenvalue weighted by atomic mass is 9.99. The SMILES string of the molecule is COc1ccc(C(NN)c2ccc(Br)o2)c(C)c1. The van der Waals surface area contributed by atoms with Gasteiger partial charge in [-0.15, -0.1) is 0 Å². The Morgan fingerprint density at radius 2 is 2.11 bits per heavy atom. The number of benzene rings is 1. The van der Waals surface area contributed by atoms with E-state index in [9.17, 15) is 0 Å². The maximum absolute atomic E-state index is 5.63. The van der Waals surface area contributed by atoms with Crippen molar-refractivity contribution in [3.05, 3.63) is 51.9 Å². The molecular formula is C13H15BrN2O2. The van der Waals surface area contributed by atoms with Crippen molar-refractivity contribution in [1.29, 1.82) is 0 Å². The van der Waals surface area contributed by atoms with Gasteiger partial charge in [-0.05, 0) is 58.2 Å². The van der Waals surface area contributed by atoms with Crippen LogP contribution < -0.4 is 16.0 Å². The first-order valence-corrected chi connectivity index (χ1v) is 6.31. The molecule has 0 aliphatic rings. The monoisotopic (exact) mass is 310 g/mol.